The van der Waals surface area contributed by atoms with Crippen LogP contribution >= 0.6 is 0 Å². The molecule has 0 bridgehead atoms. The largest absolute Gasteiger partial charge is 0.451 e. The quantitative estimate of drug-likeness (QED) is 0.533. The minimum absolute atomic E-state index is 0.0516. The van der Waals surface area contributed by atoms with Crippen molar-refractivity contribution in [2.75, 3.05) is 0 Å². The summed E-state index contributed by atoms with van der Waals surface area (Å²) in [5, 5.41) is 13.2. The maximum atomic E-state index is 12.3. The Morgan fingerprint density at radius 2 is 1.86 bits per heavy atom. The number of primary sulfonamides is 1. The summed E-state index contributed by atoms with van der Waals surface area (Å²) in [6, 6.07) is 16.5. The van der Waals surface area contributed by atoms with Gasteiger partial charge in [-0.3, -0.25) is 4.79 Å². The maximum Gasteiger partial charge on any atom is 0.273 e. The first-order valence-corrected chi connectivity index (χ1v) is 9.79. The number of furan rings is 1. The van der Waals surface area contributed by atoms with Crippen molar-refractivity contribution in [2.45, 2.75) is 11.6 Å². The van der Waals surface area contributed by atoms with Gasteiger partial charge in [-0.1, -0.05) is 41.6 Å². The van der Waals surface area contributed by atoms with Crippen LogP contribution in [0.2, 0.25) is 0 Å². The second-order valence-electron chi connectivity index (χ2n) is 6.14. The molecule has 4 aromatic rings. The van der Waals surface area contributed by atoms with E-state index in [4.69, 9.17) is 14.1 Å². The van der Waals surface area contributed by atoms with Gasteiger partial charge in [-0.2, -0.15) is 0 Å². The number of amides is 1. The molecule has 2 aromatic carbocycles. The summed E-state index contributed by atoms with van der Waals surface area (Å²) in [4.78, 5) is 12.3. The average Bonchev–Trinajstić information content (AvgIpc) is 3.35. The Morgan fingerprint density at radius 1 is 1.07 bits per heavy atom. The molecule has 0 atom stereocenters. The molecule has 0 aliphatic heterocycles. The van der Waals surface area contributed by atoms with Crippen molar-refractivity contribution in [3.63, 3.8) is 0 Å². The number of nitrogens with two attached hydrogens (primary N) is 1. The summed E-state index contributed by atoms with van der Waals surface area (Å²) in [5.74, 6) is 0.00451. The van der Waals surface area contributed by atoms with Gasteiger partial charge in [0.1, 0.15) is 0 Å². The summed E-state index contributed by atoms with van der Waals surface area (Å²) in [5.41, 5.74) is 1.37. The first-order chi connectivity index (χ1) is 13.4. The fraction of sp³-hybridized carbons (Fsp3) is 0.0526. The van der Waals surface area contributed by atoms with Gasteiger partial charge in [0.15, 0.2) is 11.5 Å². The number of benzene rings is 2. The zero-order chi connectivity index (χ0) is 19.7. The fourth-order valence-electron chi connectivity index (χ4n) is 2.73. The van der Waals surface area contributed by atoms with Crippen LogP contribution in [0.1, 0.15) is 16.1 Å². The molecule has 2 aromatic heterocycles. The minimum Gasteiger partial charge on any atom is -0.451 e. The van der Waals surface area contributed by atoms with Gasteiger partial charge >= 0.3 is 0 Å². The Balaban J connectivity index is 1.47. The number of nitrogens with zero attached hydrogens (tertiary/aromatic N) is 1. The summed E-state index contributed by atoms with van der Waals surface area (Å²) in [6.07, 6.45) is 1.21. The Bertz CT molecular complexity index is 1270. The lowest BCUT2D eigenvalue weighted by Gasteiger charge is -2.00. The molecule has 0 spiro atoms. The van der Waals surface area contributed by atoms with Gasteiger partial charge in [0.25, 0.3) is 15.9 Å². The number of sulfonamides is 1. The number of rotatable bonds is 5. The predicted molar refractivity (Wildman–Crippen MR) is 101 cm³/mol. The summed E-state index contributed by atoms with van der Waals surface area (Å²) in [6.45, 7) is 0.0516. The molecule has 2 heterocycles. The lowest BCUT2D eigenvalue weighted by atomic mass is 10.1. The first kappa shape index (κ1) is 18.0. The van der Waals surface area contributed by atoms with Gasteiger partial charge in [0.05, 0.1) is 6.26 Å². The highest BCUT2D eigenvalue weighted by molar-refractivity contribution is 7.89. The third kappa shape index (κ3) is 3.66. The van der Waals surface area contributed by atoms with Gasteiger partial charge in [-0.15, -0.1) is 0 Å². The van der Waals surface area contributed by atoms with E-state index in [0.29, 0.717) is 11.3 Å². The number of hydrogen-bond donors (Lipinski definition) is 2. The van der Waals surface area contributed by atoms with Gasteiger partial charge in [-0.05, 0) is 16.8 Å². The van der Waals surface area contributed by atoms with E-state index in [1.807, 2.05) is 42.5 Å². The zero-order valence-electron chi connectivity index (χ0n) is 14.5. The van der Waals surface area contributed by atoms with Gasteiger partial charge in [-0.25, -0.2) is 13.6 Å². The van der Waals surface area contributed by atoms with E-state index in [-0.39, 0.29) is 17.3 Å². The van der Waals surface area contributed by atoms with E-state index in [0.717, 1.165) is 16.3 Å². The number of nitrogens with one attached hydrogen (secondary N) is 1. The van der Waals surface area contributed by atoms with E-state index in [1.165, 1.54) is 12.3 Å². The van der Waals surface area contributed by atoms with Crippen molar-refractivity contribution in [1.29, 1.82) is 0 Å². The Hall–Kier alpha value is -3.43. The van der Waals surface area contributed by atoms with Gasteiger partial charge < -0.3 is 14.3 Å². The topological polar surface area (TPSA) is 128 Å². The van der Waals surface area contributed by atoms with Crippen LogP contribution in [-0.2, 0) is 16.6 Å². The number of carbonyl (C=O) groups excluding carboxylic acids is 1. The summed E-state index contributed by atoms with van der Waals surface area (Å²) in [7, 11) is -3.92. The number of fused-ring (bicyclic) bond motifs is 1. The molecule has 3 N–H and O–H groups in total. The smallest absolute Gasteiger partial charge is 0.273 e. The highest BCUT2D eigenvalue weighted by Crippen LogP contribution is 2.25. The second-order valence-corrected chi connectivity index (χ2v) is 7.63. The van der Waals surface area contributed by atoms with Crippen molar-refractivity contribution >= 4 is 26.7 Å². The second kappa shape index (κ2) is 6.95. The standard InChI is InChI=1S/C19H15N3O5S/c20-28(24,25)18-7-12(11-26-18)10-21-19(23)16-9-17(27-22-16)15-6-5-13-3-1-2-4-14(13)8-15/h1-9,11H,10H2,(H,21,23)(H2,20,24,25). The van der Waals surface area contributed by atoms with Crippen molar-refractivity contribution in [1.82, 2.24) is 10.5 Å². The molecule has 0 aliphatic carbocycles. The molecule has 0 saturated heterocycles. The lowest BCUT2D eigenvalue weighted by Crippen LogP contribution is -2.22. The first-order valence-electron chi connectivity index (χ1n) is 8.24. The normalized spacial score (nSPS) is 11.6. The summed E-state index contributed by atoms with van der Waals surface area (Å²) < 4.78 is 32.6. The van der Waals surface area contributed by atoms with Crippen molar-refractivity contribution in [2.24, 2.45) is 5.14 Å². The molecule has 0 aliphatic rings. The molecule has 1 amide bonds. The van der Waals surface area contributed by atoms with E-state index < -0.39 is 15.9 Å². The molecular formula is C19H15N3O5S. The van der Waals surface area contributed by atoms with Crippen LogP contribution in [0.5, 0.6) is 0 Å². The highest BCUT2D eigenvalue weighted by atomic mass is 32.2. The van der Waals surface area contributed by atoms with Crippen LogP contribution in [0.25, 0.3) is 22.1 Å². The van der Waals surface area contributed by atoms with Crippen molar-refractivity contribution < 1.29 is 22.2 Å². The molecule has 9 heteroatoms. The van der Waals surface area contributed by atoms with Crippen molar-refractivity contribution in [3.8, 4) is 11.3 Å². The van der Waals surface area contributed by atoms with Crippen LogP contribution in [0, 0.1) is 0 Å². The zero-order valence-corrected chi connectivity index (χ0v) is 15.3. The molecule has 8 nitrogen and oxygen atoms in total. The third-order valence-corrected chi connectivity index (χ3v) is 4.91. The van der Waals surface area contributed by atoms with Crippen LogP contribution in [-0.4, -0.2) is 19.5 Å². The van der Waals surface area contributed by atoms with Gasteiger partial charge in [0.2, 0.25) is 5.09 Å². The molecule has 4 rings (SSSR count). The summed E-state index contributed by atoms with van der Waals surface area (Å²) >= 11 is 0. The van der Waals surface area contributed by atoms with E-state index in [9.17, 15) is 13.2 Å². The average molecular weight is 397 g/mol. The fourth-order valence-corrected chi connectivity index (χ4v) is 3.23. The van der Waals surface area contributed by atoms with E-state index in [1.54, 1.807) is 6.07 Å². The van der Waals surface area contributed by atoms with Crippen LogP contribution < -0.4 is 10.5 Å². The maximum absolute atomic E-state index is 12.3. The lowest BCUT2D eigenvalue weighted by molar-refractivity contribution is 0.0942. The minimum atomic E-state index is -3.92. The Morgan fingerprint density at radius 3 is 2.61 bits per heavy atom. The van der Waals surface area contributed by atoms with Gasteiger partial charge in [0, 0.05) is 29.8 Å². The number of aromatic nitrogens is 1. The molecule has 0 saturated carbocycles. The molecule has 142 valence electrons. The molecule has 0 radical (unpaired) electrons. The predicted octanol–water partition coefficient (Wildman–Crippen LogP) is 2.67. The number of carbonyl (C=O) groups is 1. The SMILES string of the molecule is NS(=O)(=O)c1cc(CNC(=O)c2cc(-c3ccc4ccccc4c3)on2)co1. The monoisotopic (exact) mass is 397 g/mol. The molecule has 0 unspecified atom stereocenters. The highest BCUT2D eigenvalue weighted by Gasteiger charge is 2.16. The van der Waals surface area contributed by atoms with E-state index in [2.05, 4.69) is 10.5 Å². The molecule has 0 fully saturated rings. The number of hydrogen-bond acceptors (Lipinski definition) is 6. The Labute approximate surface area is 160 Å². The molecular weight excluding hydrogens is 382 g/mol. The Kier molecular flexibility index (Phi) is 4.46. The van der Waals surface area contributed by atoms with Crippen LogP contribution in [0.4, 0.5) is 0 Å². The van der Waals surface area contributed by atoms with Crippen LogP contribution in [0.15, 0.2) is 74.9 Å². The third-order valence-electron chi connectivity index (χ3n) is 4.14. The van der Waals surface area contributed by atoms with Crippen LogP contribution in [0.3, 0.4) is 0 Å². The van der Waals surface area contributed by atoms with E-state index >= 15 is 0 Å². The van der Waals surface area contributed by atoms with Crippen molar-refractivity contribution in [3.05, 3.63) is 72.1 Å². The molecule has 28 heavy (non-hydrogen) atoms.